The highest BCUT2D eigenvalue weighted by Crippen LogP contribution is 2.28. The summed E-state index contributed by atoms with van der Waals surface area (Å²) in [5.41, 5.74) is 3.70. The molecule has 2 unspecified atom stereocenters. The third kappa shape index (κ3) is 3.52. The molecule has 1 amide bonds. The average molecular weight is 363 g/mol. The second-order valence-electron chi connectivity index (χ2n) is 7.29. The van der Waals surface area contributed by atoms with Crippen LogP contribution in [-0.2, 0) is 13.0 Å². The van der Waals surface area contributed by atoms with Gasteiger partial charge in [0.1, 0.15) is 0 Å². The fraction of sp³-hybridized carbons (Fsp3) is 0.381. The van der Waals surface area contributed by atoms with Gasteiger partial charge >= 0.3 is 0 Å². The second-order valence-corrected chi connectivity index (χ2v) is 7.29. The van der Waals surface area contributed by atoms with Crippen LogP contribution in [0.1, 0.15) is 59.2 Å². The number of fused-ring (bicyclic) bond motifs is 1. The number of nitrogens with one attached hydrogen (secondary N) is 1. The minimum atomic E-state index is -0.135. The Morgan fingerprint density at radius 2 is 2.15 bits per heavy atom. The van der Waals surface area contributed by atoms with Crippen LogP contribution in [0, 0.1) is 6.92 Å². The molecule has 6 nitrogen and oxygen atoms in total. The van der Waals surface area contributed by atoms with Crippen LogP contribution in [0.4, 0.5) is 0 Å². The summed E-state index contributed by atoms with van der Waals surface area (Å²) in [5, 5.41) is 7.89. The van der Waals surface area contributed by atoms with Crippen molar-refractivity contribution in [2.75, 3.05) is 0 Å². The standard InChI is InChI=1S/C21H25N5O/c1-15-7-6-10-19-20(16(2)24-26(15)19)21(27)23-18(13-25-12-11-22-14-25)17-8-4-3-5-9-17/h3-5,8-9,11-12,14-15,18H,6-7,10,13H2,1-2H3,(H,23,27). The predicted molar refractivity (Wildman–Crippen MR) is 103 cm³/mol. The van der Waals surface area contributed by atoms with E-state index in [1.54, 1.807) is 12.5 Å². The Hall–Kier alpha value is -2.89. The average Bonchev–Trinajstić information content (AvgIpc) is 3.29. The third-order valence-electron chi connectivity index (χ3n) is 5.32. The first-order chi connectivity index (χ1) is 13.1. The molecule has 3 heterocycles. The van der Waals surface area contributed by atoms with E-state index >= 15 is 0 Å². The largest absolute Gasteiger partial charge is 0.343 e. The molecule has 2 aromatic heterocycles. The van der Waals surface area contributed by atoms with E-state index in [0.29, 0.717) is 12.6 Å². The Bertz CT molecular complexity index is 914. The van der Waals surface area contributed by atoms with Crippen molar-refractivity contribution in [1.29, 1.82) is 0 Å². The zero-order valence-corrected chi connectivity index (χ0v) is 15.8. The quantitative estimate of drug-likeness (QED) is 0.755. The van der Waals surface area contributed by atoms with Crippen LogP contribution in [0.3, 0.4) is 0 Å². The topological polar surface area (TPSA) is 64.7 Å². The maximum absolute atomic E-state index is 13.2. The smallest absolute Gasteiger partial charge is 0.255 e. The summed E-state index contributed by atoms with van der Waals surface area (Å²) in [6.07, 6.45) is 8.56. The molecule has 1 N–H and O–H groups in total. The fourth-order valence-electron chi connectivity index (χ4n) is 3.94. The maximum Gasteiger partial charge on any atom is 0.255 e. The number of aromatic nitrogens is 4. The van der Waals surface area contributed by atoms with Crippen molar-refractivity contribution in [3.63, 3.8) is 0 Å². The van der Waals surface area contributed by atoms with Crippen molar-refractivity contribution < 1.29 is 4.79 Å². The van der Waals surface area contributed by atoms with Gasteiger partial charge < -0.3 is 9.88 Å². The highest BCUT2D eigenvalue weighted by molar-refractivity contribution is 5.96. The van der Waals surface area contributed by atoms with Gasteiger partial charge in [-0.25, -0.2) is 4.98 Å². The van der Waals surface area contributed by atoms with Crippen LogP contribution >= 0.6 is 0 Å². The molecule has 1 aromatic carbocycles. The van der Waals surface area contributed by atoms with Crippen LogP contribution in [0.2, 0.25) is 0 Å². The van der Waals surface area contributed by atoms with Gasteiger partial charge in [0.2, 0.25) is 0 Å². The molecule has 0 radical (unpaired) electrons. The van der Waals surface area contributed by atoms with Crippen LogP contribution in [0.25, 0.3) is 0 Å². The Morgan fingerprint density at radius 1 is 1.33 bits per heavy atom. The monoisotopic (exact) mass is 363 g/mol. The SMILES string of the molecule is Cc1nn2c(c1C(=O)NC(Cn1ccnc1)c1ccccc1)CCCC2C. The molecule has 2 atom stereocenters. The van der Waals surface area contributed by atoms with Gasteiger partial charge in [0.25, 0.3) is 5.91 Å². The third-order valence-corrected chi connectivity index (χ3v) is 5.32. The zero-order valence-electron chi connectivity index (χ0n) is 15.8. The Balaban J connectivity index is 1.63. The molecule has 140 valence electrons. The number of hydrogen-bond acceptors (Lipinski definition) is 3. The summed E-state index contributed by atoms with van der Waals surface area (Å²) in [6.45, 7) is 4.73. The molecule has 1 aliphatic rings. The van der Waals surface area contributed by atoms with E-state index in [9.17, 15) is 4.79 Å². The van der Waals surface area contributed by atoms with E-state index in [2.05, 4.69) is 22.3 Å². The highest BCUT2D eigenvalue weighted by atomic mass is 16.1. The van der Waals surface area contributed by atoms with Gasteiger partial charge in [-0.3, -0.25) is 9.48 Å². The van der Waals surface area contributed by atoms with Crippen molar-refractivity contribution in [3.05, 3.63) is 71.6 Å². The molecule has 0 spiro atoms. The Morgan fingerprint density at radius 3 is 2.89 bits per heavy atom. The number of hydrogen-bond donors (Lipinski definition) is 1. The van der Waals surface area contributed by atoms with Gasteiger partial charge in [0, 0.05) is 25.0 Å². The van der Waals surface area contributed by atoms with Crippen molar-refractivity contribution in [2.45, 2.75) is 51.7 Å². The van der Waals surface area contributed by atoms with Gasteiger partial charge in [-0.15, -0.1) is 0 Å². The molecule has 0 saturated carbocycles. The second kappa shape index (κ2) is 7.39. The lowest BCUT2D eigenvalue weighted by atomic mass is 10.00. The Kier molecular flexibility index (Phi) is 4.79. The van der Waals surface area contributed by atoms with Crippen molar-refractivity contribution >= 4 is 5.91 Å². The van der Waals surface area contributed by atoms with E-state index in [4.69, 9.17) is 0 Å². The number of benzene rings is 1. The summed E-state index contributed by atoms with van der Waals surface area (Å²) in [6, 6.07) is 10.3. The number of nitrogens with zero attached hydrogens (tertiary/aromatic N) is 4. The van der Waals surface area contributed by atoms with Crippen LogP contribution in [0.5, 0.6) is 0 Å². The number of aryl methyl sites for hydroxylation is 1. The predicted octanol–water partition coefficient (Wildman–Crippen LogP) is 3.46. The number of amides is 1. The van der Waals surface area contributed by atoms with Crippen molar-refractivity contribution in [1.82, 2.24) is 24.6 Å². The van der Waals surface area contributed by atoms with E-state index in [-0.39, 0.29) is 11.9 Å². The van der Waals surface area contributed by atoms with E-state index in [1.807, 2.05) is 52.7 Å². The molecule has 3 aromatic rings. The van der Waals surface area contributed by atoms with E-state index in [0.717, 1.165) is 41.8 Å². The molecule has 6 heteroatoms. The molecule has 0 fully saturated rings. The minimum absolute atomic E-state index is 0.0446. The molecule has 27 heavy (non-hydrogen) atoms. The van der Waals surface area contributed by atoms with Gasteiger partial charge in [-0.2, -0.15) is 5.10 Å². The lowest BCUT2D eigenvalue weighted by molar-refractivity contribution is 0.0930. The Labute approximate surface area is 159 Å². The highest BCUT2D eigenvalue weighted by Gasteiger charge is 2.27. The van der Waals surface area contributed by atoms with Gasteiger partial charge in [0.15, 0.2) is 0 Å². The summed E-state index contributed by atoms with van der Waals surface area (Å²) in [5.74, 6) is -0.0446. The zero-order chi connectivity index (χ0) is 18.8. The summed E-state index contributed by atoms with van der Waals surface area (Å²) >= 11 is 0. The van der Waals surface area contributed by atoms with E-state index in [1.165, 1.54) is 0 Å². The van der Waals surface area contributed by atoms with Gasteiger partial charge in [-0.1, -0.05) is 30.3 Å². The van der Waals surface area contributed by atoms with Crippen LogP contribution in [0.15, 0.2) is 49.1 Å². The first kappa shape index (κ1) is 17.5. The normalized spacial score (nSPS) is 17.3. The molecule has 4 rings (SSSR count). The lowest BCUT2D eigenvalue weighted by Gasteiger charge is -2.23. The first-order valence-corrected chi connectivity index (χ1v) is 9.53. The van der Waals surface area contributed by atoms with Crippen LogP contribution in [-0.4, -0.2) is 25.2 Å². The summed E-state index contributed by atoms with van der Waals surface area (Å²) in [7, 11) is 0. The van der Waals surface area contributed by atoms with Crippen molar-refractivity contribution in [2.24, 2.45) is 0 Å². The fourth-order valence-corrected chi connectivity index (χ4v) is 3.94. The number of rotatable bonds is 5. The molecule has 0 bridgehead atoms. The van der Waals surface area contributed by atoms with Gasteiger partial charge in [0.05, 0.1) is 29.3 Å². The molecule has 1 aliphatic heterocycles. The minimum Gasteiger partial charge on any atom is -0.343 e. The van der Waals surface area contributed by atoms with E-state index < -0.39 is 0 Å². The maximum atomic E-state index is 13.2. The summed E-state index contributed by atoms with van der Waals surface area (Å²) < 4.78 is 4.03. The van der Waals surface area contributed by atoms with Crippen LogP contribution < -0.4 is 5.32 Å². The summed E-state index contributed by atoms with van der Waals surface area (Å²) in [4.78, 5) is 17.3. The number of imidazole rings is 1. The molecular formula is C21H25N5O. The number of carbonyl (C=O) groups is 1. The van der Waals surface area contributed by atoms with Crippen molar-refractivity contribution in [3.8, 4) is 0 Å². The number of carbonyl (C=O) groups excluding carboxylic acids is 1. The molecular weight excluding hydrogens is 338 g/mol. The lowest BCUT2D eigenvalue weighted by Crippen LogP contribution is -2.32. The molecule has 0 saturated heterocycles. The van der Waals surface area contributed by atoms with Gasteiger partial charge in [-0.05, 0) is 38.7 Å². The molecule has 0 aliphatic carbocycles. The first-order valence-electron chi connectivity index (χ1n) is 9.53.